The number of hydrogen-bond acceptors (Lipinski definition) is 2. The van der Waals surface area contributed by atoms with E-state index < -0.39 is 0 Å². The zero-order valence-corrected chi connectivity index (χ0v) is 9.29. The maximum absolute atomic E-state index is 5.90. The van der Waals surface area contributed by atoms with Crippen LogP contribution in [0.25, 0.3) is 0 Å². The first-order valence-electron chi connectivity index (χ1n) is 3.70. The van der Waals surface area contributed by atoms with Crippen LogP contribution in [0, 0.1) is 0 Å². The number of aromatic nitrogens is 1. The molecule has 4 heteroatoms. The number of thioether (sulfide) groups is 1. The van der Waals surface area contributed by atoms with Gasteiger partial charge in [0.25, 0.3) is 0 Å². The molecule has 0 fully saturated rings. The van der Waals surface area contributed by atoms with Crippen molar-refractivity contribution in [2.75, 3.05) is 11.6 Å². The van der Waals surface area contributed by atoms with E-state index in [0.717, 1.165) is 16.4 Å². The first-order valence-corrected chi connectivity index (χ1v) is 5.59. The second-order valence-electron chi connectivity index (χ2n) is 2.46. The van der Waals surface area contributed by atoms with Gasteiger partial charge in [0, 0.05) is 17.8 Å². The second-order valence-corrected chi connectivity index (χ2v) is 4.10. The molecule has 0 aliphatic rings. The lowest BCUT2D eigenvalue weighted by Gasteiger charge is -2.02. The van der Waals surface area contributed by atoms with Crippen LogP contribution in [0.15, 0.2) is 35.5 Å². The molecule has 0 aliphatic carbocycles. The molecule has 0 aromatic carbocycles. The van der Waals surface area contributed by atoms with Crippen LogP contribution in [0.3, 0.4) is 0 Å². The van der Waals surface area contributed by atoms with Crippen molar-refractivity contribution in [3.63, 3.8) is 0 Å². The van der Waals surface area contributed by atoms with Crippen LogP contribution in [0.2, 0.25) is 5.02 Å². The van der Waals surface area contributed by atoms with E-state index in [0.29, 0.717) is 10.9 Å². The fraction of sp³-hybridized carbons (Fsp3) is 0.222. The molecule has 1 nitrogen and oxygen atoms in total. The molecule has 0 saturated carbocycles. The van der Waals surface area contributed by atoms with E-state index in [-0.39, 0.29) is 0 Å². The summed E-state index contributed by atoms with van der Waals surface area (Å²) >= 11 is 13.0. The molecule has 13 heavy (non-hydrogen) atoms. The van der Waals surface area contributed by atoms with Gasteiger partial charge in [0.2, 0.25) is 0 Å². The standard InChI is InChI=1S/C9H9Cl2NS/c1-7(5-10)6-13-9-8(11)3-2-4-12-9/h2-4H,1,5-6H2. The van der Waals surface area contributed by atoms with Gasteiger partial charge in [0.1, 0.15) is 5.03 Å². The van der Waals surface area contributed by atoms with Gasteiger partial charge < -0.3 is 0 Å². The van der Waals surface area contributed by atoms with Gasteiger partial charge in [-0.1, -0.05) is 23.8 Å². The summed E-state index contributed by atoms with van der Waals surface area (Å²) in [4.78, 5) is 4.13. The highest BCUT2D eigenvalue weighted by Gasteiger charge is 2.01. The lowest BCUT2D eigenvalue weighted by molar-refractivity contribution is 1.13. The maximum Gasteiger partial charge on any atom is 0.115 e. The molecule has 1 rings (SSSR count). The molecule has 0 amide bonds. The summed E-state index contributed by atoms with van der Waals surface area (Å²) < 4.78 is 0. The number of hydrogen-bond donors (Lipinski definition) is 0. The molecule has 0 unspecified atom stereocenters. The van der Waals surface area contributed by atoms with Crippen LogP contribution in [-0.4, -0.2) is 16.6 Å². The molecule has 1 aromatic heterocycles. The zero-order chi connectivity index (χ0) is 9.68. The summed E-state index contributed by atoms with van der Waals surface area (Å²) in [6, 6.07) is 3.63. The maximum atomic E-state index is 5.90. The molecule has 0 spiro atoms. The highest BCUT2D eigenvalue weighted by molar-refractivity contribution is 7.99. The van der Waals surface area contributed by atoms with Crippen molar-refractivity contribution in [3.05, 3.63) is 35.5 Å². The first-order chi connectivity index (χ1) is 6.24. The number of nitrogens with zero attached hydrogens (tertiary/aromatic N) is 1. The summed E-state index contributed by atoms with van der Waals surface area (Å²) in [5.41, 5.74) is 0.980. The molecule has 0 bridgehead atoms. The van der Waals surface area contributed by atoms with Gasteiger partial charge >= 0.3 is 0 Å². The molecule has 0 aliphatic heterocycles. The SMILES string of the molecule is C=C(CCl)CSc1ncccc1Cl. The molecule has 0 N–H and O–H groups in total. The third-order valence-electron chi connectivity index (χ3n) is 1.33. The van der Waals surface area contributed by atoms with Crippen molar-refractivity contribution in [2.45, 2.75) is 5.03 Å². The van der Waals surface area contributed by atoms with Gasteiger partial charge in [0.05, 0.1) is 5.02 Å². The Hall–Kier alpha value is -0.180. The van der Waals surface area contributed by atoms with Crippen LogP contribution in [0.4, 0.5) is 0 Å². The average molecular weight is 234 g/mol. The molecule has 0 saturated heterocycles. The number of halogens is 2. The van der Waals surface area contributed by atoms with Crippen molar-refractivity contribution in [1.29, 1.82) is 0 Å². The third-order valence-corrected chi connectivity index (χ3v) is 3.27. The average Bonchev–Trinajstić information content (AvgIpc) is 2.16. The van der Waals surface area contributed by atoms with Gasteiger partial charge in [-0.05, 0) is 12.1 Å². The molecule has 0 atom stereocenters. The molecule has 1 heterocycles. The summed E-state index contributed by atoms with van der Waals surface area (Å²) in [6.07, 6.45) is 1.72. The summed E-state index contributed by atoms with van der Waals surface area (Å²) in [5.74, 6) is 1.25. The lowest BCUT2D eigenvalue weighted by atomic mass is 10.4. The predicted molar refractivity (Wildman–Crippen MR) is 59.8 cm³/mol. The fourth-order valence-corrected chi connectivity index (χ4v) is 1.96. The minimum absolute atomic E-state index is 0.484. The van der Waals surface area contributed by atoms with Gasteiger partial charge in [-0.25, -0.2) is 4.98 Å². The normalized spacial score (nSPS) is 10.0. The Balaban J connectivity index is 2.54. The van der Waals surface area contributed by atoms with Crippen LogP contribution in [0.1, 0.15) is 0 Å². The molecule has 0 radical (unpaired) electrons. The van der Waals surface area contributed by atoms with E-state index in [9.17, 15) is 0 Å². The van der Waals surface area contributed by atoms with Gasteiger partial charge in [-0.3, -0.25) is 0 Å². The predicted octanol–water partition coefficient (Wildman–Crippen LogP) is 3.62. The van der Waals surface area contributed by atoms with E-state index in [2.05, 4.69) is 11.6 Å². The lowest BCUT2D eigenvalue weighted by Crippen LogP contribution is -1.88. The highest BCUT2D eigenvalue weighted by atomic mass is 35.5. The van der Waals surface area contributed by atoms with Crippen molar-refractivity contribution < 1.29 is 0 Å². The van der Waals surface area contributed by atoms with E-state index in [1.807, 2.05) is 12.1 Å². The first kappa shape index (κ1) is 10.9. The monoisotopic (exact) mass is 233 g/mol. The molecule has 1 aromatic rings. The van der Waals surface area contributed by atoms with Gasteiger partial charge in [-0.2, -0.15) is 0 Å². The van der Waals surface area contributed by atoms with Gasteiger partial charge in [-0.15, -0.1) is 23.4 Å². The summed E-state index contributed by atoms with van der Waals surface area (Å²) in [5, 5.41) is 1.50. The summed E-state index contributed by atoms with van der Waals surface area (Å²) in [7, 11) is 0. The Kier molecular flexibility index (Phi) is 4.64. The van der Waals surface area contributed by atoms with Crippen molar-refractivity contribution >= 4 is 35.0 Å². The minimum atomic E-state index is 0.484. The van der Waals surface area contributed by atoms with Gasteiger partial charge in [0.15, 0.2) is 0 Å². The zero-order valence-electron chi connectivity index (χ0n) is 6.96. The number of rotatable bonds is 4. The van der Waals surface area contributed by atoms with Crippen LogP contribution < -0.4 is 0 Å². The largest absolute Gasteiger partial charge is 0.248 e. The van der Waals surface area contributed by atoms with Crippen LogP contribution in [-0.2, 0) is 0 Å². The summed E-state index contributed by atoms with van der Waals surface area (Å²) in [6.45, 7) is 3.79. The van der Waals surface area contributed by atoms with E-state index in [4.69, 9.17) is 23.2 Å². The van der Waals surface area contributed by atoms with E-state index >= 15 is 0 Å². The van der Waals surface area contributed by atoms with Crippen molar-refractivity contribution in [2.24, 2.45) is 0 Å². The van der Waals surface area contributed by atoms with Crippen molar-refractivity contribution in [1.82, 2.24) is 4.98 Å². The molecular formula is C9H9Cl2NS. The van der Waals surface area contributed by atoms with E-state index in [1.54, 1.807) is 18.0 Å². The smallest absolute Gasteiger partial charge is 0.115 e. The Labute approximate surface area is 92.2 Å². The van der Waals surface area contributed by atoms with E-state index in [1.165, 1.54) is 0 Å². The Morgan fingerprint density at radius 3 is 3.00 bits per heavy atom. The third kappa shape index (κ3) is 3.59. The Bertz CT molecular complexity index is 301. The highest BCUT2D eigenvalue weighted by Crippen LogP contribution is 2.25. The van der Waals surface area contributed by atoms with Crippen LogP contribution >= 0.6 is 35.0 Å². The second kappa shape index (κ2) is 5.53. The van der Waals surface area contributed by atoms with Crippen LogP contribution in [0.5, 0.6) is 0 Å². The Morgan fingerprint density at radius 1 is 1.62 bits per heavy atom. The fourth-order valence-electron chi connectivity index (χ4n) is 0.686. The number of alkyl halides is 1. The molecular weight excluding hydrogens is 225 g/mol. The van der Waals surface area contributed by atoms with Crippen molar-refractivity contribution in [3.8, 4) is 0 Å². The minimum Gasteiger partial charge on any atom is -0.248 e. The molecule has 70 valence electrons. The topological polar surface area (TPSA) is 12.9 Å². The Morgan fingerprint density at radius 2 is 2.38 bits per heavy atom. The number of pyridine rings is 1. The quantitative estimate of drug-likeness (QED) is 0.448.